The number of likely N-dealkylation sites (tertiary alicyclic amines) is 1. The number of carbonyl (C=O) groups is 1. The van der Waals surface area contributed by atoms with Gasteiger partial charge in [-0.15, -0.1) is 0 Å². The normalized spacial score (nSPS) is 25.8. The van der Waals surface area contributed by atoms with Crippen LogP contribution in [0.4, 0.5) is 0 Å². The molecule has 1 aromatic rings. The fourth-order valence-corrected chi connectivity index (χ4v) is 3.96. The van der Waals surface area contributed by atoms with Gasteiger partial charge in [0.2, 0.25) is 5.91 Å². The van der Waals surface area contributed by atoms with Crippen LogP contribution in [0.15, 0.2) is 24.3 Å². The quantitative estimate of drug-likeness (QED) is 0.835. The van der Waals surface area contributed by atoms with E-state index in [2.05, 4.69) is 16.8 Å². The number of rotatable bonds is 4. The molecular weight excluding hydrogens is 330 g/mol. The van der Waals surface area contributed by atoms with Gasteiger partial charge in [-0.25, -0.2) is 0 Å². The SMILES string of the molecule is CN1CCN(C[C@]2(O)CCCN(C(=O)Cc3cccc(O)c3)CC2)CC1. The second-order valence-electron chi connectivity index (χ2n) is 7.88. The van der Waals surface area contributed by atoms with Crippen LogP contribution in [0.25, 0.3) is 0 Å². The zero-order valence-corrected chi connectivity index (χ0v) is 15.7. The van der Waals surface area contributed by atoms with Crippen LogP contribution < -0.4 is 0 Å². The summed E-state index contributed by atoms with van der Waals surface area (Å²) in [6.45, 7) is 6.09. The molecule has 2 heterocycles. The fourth-order valence-electron chi connectivity index (χ4n) is 3.96. The third-order valence-corrected chi connectivity index (χ3v) is 5.65. The topological polar surface area (TPSA) is 67.2 Å². The lowest BCUT2D eigenvalue weighted by molar-refractivity contribution is -0.130. The Morgan fingerprint density at radius 2 is 1.88 bits per heavy atom. The van der Waals surface area contributed by atoms with Gasteiger partial charge in [-0.1, -0.05) is 12.1 Å². The summed E-state index contributed by atoms with van der Waals surface area (Å²) in [6.07, 6.45) is 2.50. The Morgan fingerprint density at radius 3 is 2.62 bits per heavy atom. The molecule has 6 nitrogen and oxygen atoms in total. The number of phenolic OH excluding ortho intramolecular Hbond substituents is 1. The molecule has 2 fully saturated rings. The highest BCUT2D eigenvalue weighted by Gasteiger charge is 2.33. The second kappa shape index (κ2) is 8.37. The van der Waals surface area contributed by atoms with E-state index in [9.17, 15) is 15.0 Å². The number of amides is 1. The summed E-state index contributed by atoms with van der Waals surface area (Å²) in [5.74, 6) is 0.257. The number of piperazine rings is 1. The lowest BCUT2D eigenvalue weighted by Crippen LogP contribution is -2.51. The van der Waals surface area contributed by atoms with E-state index in [1.807, 2.05) is 11.0 Å². The highest BCUT2D eigenvalue weighted by molar-refractivity contribution is 5.78. The molecule has 0 aliphatic carbocycles. The van der Waals surface area contributed by atoms with Crippen LogP contribution in [0.2, 0.25) is 0 Å². The van der Waals surface area contributed by atoms with E-state index in [1.165, 1.54) is 0 Å². The number of nitrogens with zero attached hydrogens (tertiary/aromatic N) is 3. The molecule has 0 radical (unpaired) electrons. The van der Waals surface area contributed by atoms with Crippen LogP contribution in [0.5, 0.6) is 5.75 Å². The minimum Gasteiger partial charge on any atom is -0.508 e. The Hall–Kier alpha value is -1.63. The maximum Gasteiger partial charge on any atom is 0.226 e. The first-order valence-corrected chi connectivity index (χ1v) is 9.62. The predicted molar refractivity (Wildman–Crippen MR) is 101 cm³/mol. The number of hydrogen-bond acceptors (Lipinski definition) is 5. The van der Waals surface area contributed by atoms with Crippen LogP contribution >= 0.6 is 0 Å². The zero-order valence-electron chi connectivity index (χ0n) is 15.7. The standard InChI is InChI=1S/C20H31N3O3/c1-21-10-12-22(13-11-21)16-20(26)6-3-8-23(9-7-20)19(25)15-17-4-2-5-18(24)14-17/h2,4-5,14,24,26H,3,6-13,15-16H2,1H3/t20-/m0/s1. The van der Waals surface area contributed by atoms with Gasteiger partial charge in [-0.05, 0) is 44.0 Å². The zero-order chi connectivity index (χ0) is 18.6. The first-order chi connectivity index (χ1) is 12.4. The highest BCUT2D eigenvalue weighted by atomic mass is 16.3. The van der Waals surface area contributed by atoms with Crippen LogP contribution in [-0.2, 0) is 11.2 Å². The van der Waals surface area contributed by atoms with Crippen molar-refractivity contribution in [3.63, 3.8) is 0 Å². The maximum atomic E-state index is 12.6. The summed E-state index contributed by atoms with van der Waals surface area (Å²) in [5.41, 5.74) is 0.127. The lowest BCUT2D eigenvalue weighted by Gasteiger charge is -2.38. The molecule has 1 aromatic carbocycles. The number of hydrogen-bond donors (Lipinski definition) is 2. The molecule has 0 spiro atoms. The van der Waals surface area contributed by atoms with Gasteiger partial charge in [0.05, 0.1) is 12.0 Å². The summed E-state index contributed by atoms with van der Waals surface area (Å²) < 4.78 is 0. The Morgan fingerprint density at radius 1 is 1.12 bits per heavy atom. The Bertz CT molecular complexity index is 616. The number of carbonyl (C=O) groups excluding carboxylic acids is 1. The van der Waals surface area contributed by atoms with E-state index < -0.39 is 5.60 Å². The summed E-state index contributed by atoms with van der Waals surface area (Å²) in [7, 11) is 2.13. The van der Waals surface area contributed by atoms with Crippen molar-refractivity contribution in [2.24, 2.45) is 0 Å². The average molecular weight is 361 g/mol. The largest absolute Gasteiger partial charge is 0.508 e. The van der Waals surface area contributed by atoms with Gasteiger partial charge < -0.3 is 20.0 Å². The van der Waals surface area contributed by atoms with Crippen molar-refractivity contribution in [1.82, 2.24) is 14.7 Å². The van der Waals surface area contributed by atoms with E-state index in [4.69, 9.17) is 0 Å². The second-order valence-corrected chi connectivity index (χ2v) is 7.88. The minimum atomic E-state index is -0.698. The van der Waals surface area contributed by atoms with E-state index in [1.54, 1.807) is 18.2 Å². The molecule has 2 saturated heterocycles. The van der Waals surface area contributed by atoms with Gasteiger partial charge in [-0.3, -0.25) is 9.69 Å². The van der Waals surface area contributed by atoms with Crippen molar-refractivity contribution >= 4 is 5.91 Å². The van der Waals surface area contributed by atoms with Crippen LogP contribution in [0.1, 0.15) is 24.8 Å². The third-order valence-electron chi connectivity index (χ3n) is 5.65. The van der Waals surface area contributed by atoms with Gasteiger partial charge >= 0.3 is 0 Å². The first-order valence-electron chi connectivity index (χ1n) is 9.62. The molecule has 0 bridgehead atoms. The van der Waals surface area contributed by atoms with Gasteiger partial charge in [0.1, 0.15) is 5.75 Å². The van der Waals surface area contributed by atoms with Crippen LogP contribution in [0.3, 0.4) is 0 Å². The molecule has 1 amide bonds. The van der Waals surface area contributed by atoms with E-state index in [0.717, 1.165) is 44.6 Å². The molecular formula is C20H31N3O3. The summed E-state index contributed by atoms with van der Waals surface area (Å²) in [6, 6.07) is 6.87. The van der Waals surface area contributed by atoms with Gasteiger partial charge in [-0.2, -0.15) is 0 Å². The number of aliphatic hydroxyl groups is 1. The molecule has 144 valence electrons. The molecule has 1 atom stereocenters. The lowest BCUT2D eigenvalue weighted by atomic mass is 9.94. The number of β-amino-alcohol motifs (C(OH)–C–C–N with tert-alkyl or cyclic N) is 1. The molecule has 2 aliphatic heterocycles. The van der Waals surface area contributed by atoms with E-state index >= 15 is 0 Å². The monoisotopic (exact) mass is 361 g/mol. The number of benzene rings is 1. The highest BCUT2D eigenvalue weighted by Crippen LogP contribution is 2.25. The summed E-state index contributed by atoms with van der Waals surface area (Å²) >= 11 is 0. The van der Waals surface area contributed by atoms with Gasteiger partial charge in [0.15, 0.2) is 0 Å². The summed E-state index contributed by atoms with van der Waals surface area (Å²) in [5, 5.41) is 20.6. The van der Waals surface area contributed by atoms with Crippen molar-refractivity contribution in [1.29, 1.82) is 0 Å². The van der Waals surface area contributed by atoms with Crippen LogP contribution in [0, 0.1) is 0 Å². The maximum absolute atomic E-state index is 12.6. The molecule has 3 rings (SSSR count). The molecule has 2 aliphatic rings. The van der Waals surface area contributed by atoms with Crippen molar-refractivity contribution in [2.45, 2.75) is 31.3 Å². The Kier molecular flexibility index (Phi) is 6.16. The molecule has 2 N–H and O–H groups in total. The van der Waals surface area contributed by atoms with Gasteiger partial charge in [0.25, 0.3) is 0 Å². The number of phenols is 1. The molecule has 6 heteroatoms. The smallest absolute Gasteiger partial charge is 0.226 e. The molecule has 0 saturated carbocycles. The van der Waals surface area contributed by atoms with E-state index in [0.29, 0.717) is 32.5 Å². The van der Waals surface area contributed by atoms with Crippen molar-refractivity contribution in [2.75, 3.05) is 52.9 Å². The first kappa shape index (κ1) is 19.1. The molecule has 0 aromatic heterocycles. The van der Waals surface area contributed by atoms with Gasteiger partial charge in [0, 0.05) is 45.8 Å². The van der Waals surface area contributed by atoms with Crippen molar-refractivity contribution in [3.8, 4) is 5.75 Å². The fraction of sp³-hybridized carbons (Fsp3) is 0.650. The number of likely N-dealkylation sites (N-methyl/N-ethyl adjacent to an activating group) is 1. The average Bonchev–Trinajstić information content (AvgIpc) is 2.79. The Balaban J connectivity index is 1.53. The minimum absolute atomic E-state index is 0.0689. The van der Waals surface area contributed by atoms with E-state index in [-0.39, 0.29) is 11.7 Å². The number of aromatic hydroxyl groups is 1. The predicted octanol–water partition coefficient (Wildman–Crippen LogP) is 0.926. The van der Waals surface area contributed by atoms with Crippen molar-refractivity contribution < 1.29 is 15.0 Å². The van der Waals surface area contributed by atoms with Crippen LogP contribution in [-0.4, -0.2) is 89.3 Å². The Labute approximate surface area is 156 Å². The third kappa shape index (κ3) is 5.19. The molecule has 26 heavy (non-hydrogen) atoms. The van der Waals surface area contributed by atoms with Crippen molar-refractivity contribution in [3.05, 3.63) is 29.8 Å². The molecule has 0 unspecified atom stereocenters. The summed E-state index contributed by atoms with van der Waals surface area (Å²) in [4.78, 5) is 19.1.